The van der Waals surface area contributed by atoms with Crippen LogP contribution in [0.2, 0.25) is 0 Å². The lowest BCUT2D eigenvalue weighted by Crippen LogP contribution is -2.61. The van der Waals surface area contributed by atoms with Crippen LogP contribution in [0, 0.1) is 0 Å². The van der Waals surface area contributed by atoms with Gasteiger partial charge in [0.1, 0.15) is 17.2 Å². The van der Waals surface area contributed by atoms with Crippen molar-refractivity contribution in [1.82, 2.24) is 9.80 Å². The van der Waals surface area contributed by atoms with E-state index in [2.05, 4.69) is 0 Å². The molecule has 0 saturated carbocycles. The van der Waals surface area contributed by atoms with E-state index in [-0.39, 0.29) is 19.6 Å². The van der Waals surface area contributed by atoms with Crippen LogP contribution in [0.1, 0.15) is 41.5 Å². The molecule has 23 heavy (non-hydrogen) atoms. The van der Waals surface area contributed by atoms with Crippen LogP contribution in [-0.4, -0.2) is 64.8 Å². The number of hydrogen-bond donors (Lipinski definition) is 1. The summed E-state index contributed by atoms with van der Waals surface area (Å²) in [5.41, 5.74) is 4.07. The van der Waals surface area contributed by atoms with Crippen LogP contribution in [0.25, 0.3) is 0 Å². The Morgan fingerprint density at radius 1 is 0.913 bits per heavy atom. The number of nitrogens with two attached hydrogens (primary N) is 1. The van der Waals surface area contributed by atoms with E-state index in [4.69, 9.17) is 15.2 Å². The molecule has 0 spiro atoms. The number of ether oxygens (including phenoxy) is 2. The molecule has 8 heteroatoms. The van der Waals surface area contributed by atoms with E-state index >= 15 is 0 Å². The molecule has 0 radical (unpaired) electrons. The van der Waals surface area contributed by atoms with E-state index in [1.807, 2.05) is 0 Å². The van der Waals surface area contributed by atoms with Crippen molar-refractivity contribution in [3.05, 3.63) is 0 Å². The lowest BCUT2D eigenvalue weighted by Gasteiger charge is -2.40. The predicted octanol–water partition coefficient (Wildman–Crippen LogP) is 1.33. The van der Waals surface area contributed by atoms with Crippen molar-refractivity contribution in [2.75, 3.05) is 19.6 Å². The molecular formula is C15H27N3O5. The van der Waals surface area contributed by atoms with Gasteiger partial charge in [-0.1, -0.05) is 0 Å². The van der Waals surface area contributed by atoms with E-state index in [9.17, 15) is 14.4 Å². The fourth-order valence-corrected chi connectivity index (χ4v) is 2.06. The highest BCUT2D eigenvalue weighted by Gasteiger charge is 2.39. The summed E-state index contributed by atoms with van der Waals surface area (Å²) in [7, 11) is 0. The third-order valence-electron chi connectivity index (χ3n) is 2.99. The Kier molecular flexibility index (Phi) is 5.50. The standard InChI is InChI=1S/C15H27N3O5/c1-14(2,3)22-12(20)17-7-8-18(10(9-17)11(16)19)13(21)23-15(4,5)6/h10H,7-9H2,1-6H3,(H2,16,19)/t10-/m0/s1. The summed E-state index contributed by atoms with van der Waals surface area (Å²) >= 11 is 0. The van der Waals surface area contributed by atoms with Crippen molar-refractivity contribution in [2.45, 2.75) is 58.8 Å². The van der Waals surface area contributed by atoms with Crippen LogP contribution >= 0.6 is 0 Å². The fourth-order valence-electron chi connectivity index (χ4n) is 2.06. The van der Waals surface area contributed by atoms with Gasteiger partial charge in [-0.3, -0.25) is 9.69 Å². The first kappa shape index (κ1) is 19.1. The van der Waals surface area contributed by atoms with Crippen molar-refractivity contribution in [1.29, 1.82) is 0 Å². The van der Waals surface area contributed by atoms with Crippen LogP contribution in [0.15, 0.2) is 0 Å². The first-order chi connectivity index (χ1) is 10.3. The highest BCUT2D eigenvalue weighted by Crippen LogP contribution is 2.18. The minimum absolute atomic E-state index is 0.0104. The molecular weight excluding hydrogens is 302 g/mol. The lowest BCUT2D eigenvalue weighted by atomic mass is 10.1. The monoisotopic (exact) mass is 329 g/mol. The smallest absolute Gasteiger partial charge is 0.411 e. The average Bonchev–Trinajstić information content (AvgIpc) is 2.33. The maximum atomic E-state index is 12.2. The first-order valence-corrected chi connectivity index (χ1v) is 7.57. The molecule has 1 saturated heterocycles. The summed E-state index contributed by atoms with van der Waals surface area (Å²) in [4.78, 5) is 38.6. The van der Waals surface area contributed by atoms with Crippen LogP contribution in [0.4, 0.5) is 9.59 Å². The van der Waals surface area contributed by atoms with Crippen LogP contribution < -0.4 is 5.73 Å². The van der Waals surface area contributed by atoms with Gasteiger partial charge in [0.15, 0.2) is 0 Å². The van der Waals surface area contributed by atoms with Crippen molar-refractivity contribution in [3.8, 4) is 0 Å². The Labute approximate surface area is 136 Å². The maximum Gasteiger partial charge on any atom is 0.411 e. The predicted molar refractivity (Wildman–Crippen MR) is 83.7 cm³/mol. The van der Waals surface area contributed by atoms with Crippen LogP contribution in [0.5, 0.6) is 0 Å². The summed E-state index contributed by atoms with van der Waals surface area (Å²) in [6.45, 7) is 10.9. The lowest BCUT2D eigenvalue weighted by molar-refractivity contribution is -0.125. The number of piperazine rings is 1. The second-order valence-corrected chi connectivity index (χ2v) is 7.52. The normalized spacial score (nSPS) is 19.3. The molecule has 0 aromatic rings. The first-order valence-electron chi connectivity index (χ1n) is 7.57. The summed E-state index contributed by atoms with van der Waals surface area (Å²) < 4.78 is 10.6. The second kappa shape index (κ2) is 6.64. The molecule has 132 valence electrons. The van der Waals surface area contributed by atoms with Gasteiger partial charge < -0.3 is 20.1 Å². The van der Waals surface area contributed by atoms with E-state index in [1.165, 1.54) is 9.80 Å². The topological polar surface area (TPSA) is 102 Å². The third kappa shape index (κ3) is 5.96. The molecule has 1 atom stereocenters. The molecule has 1 heterocycles. The average molecular weight is 329 g/mol. The number of nitrogens with zero attached hydrogens (tertiary/aromatic N) is 2. The largest absolute Gasteiger partial charge is 0.444 e. The summed E-state index contributed by atoms with van der Waals surface area (Å²) in [6.07, 6.45) is -1.15. The van der Waals surface area contributed by atoms with Gasteiger partial charge in [0, 0.05) is 13.1 Å². The number of hydrogen-bond acceptors (Lipinski definition) is 5. The van der Waals surface area contributed by atoms with Gasteiger partial charge in [0.25, 0.3) is 0 Å². The fraction of sp³-hybridized carbons (Fsp3) is 0.800. The zero-order valence-electron chi connectivity index (χ0n) is 14.7. The highest BCUT2D eigenvalue weighted by molar-refractivity contribution is 5.85. The number of primary amides is 1. The molecule has 1 aliphatic rings. The summed E-state index contributed by atoms with van der Waals surface area (Å²) in [5.74, 6) is -0.691. The van der Waals surface area contributed by atoms with Crippen molar-refractivity contribution < 1.29 is 23.9 Å². The van der Waals surface area contributed by atoms with E-state index in [1.54, 1.807) is 41.5 Å². The molecule has 1 aliphatic heterocycles. The van der Waals surface area contributed by atoms with E-state index < -0.39 is 35.3 Å². The molecule has 1 rings (SSSR count). The highest BCUT2D eigenvalue weighted by atomic mass is 16.6. The Bertz CT molecular complexity index is 478. The Balaban J connectivity index is 2.80. The Morgan fingerprint density at radius 2 is 1.39 bits per heavy atom. The van der Waals surface area contributed by atoms with Gasteiger partial charge in [-0.2, -0.15) is 0 Å². The summed E-state index contributed by atoms with van der Waals surface area (Å²) in [5, 5.41) is 0. The molecule has 8 nitrogen and oxygen atoms in total. The Morgan fingerprint density at radius 3 is 1.83 bits per heavy atom. The quantitative estimate of drug-likeness (QED) is 0.782. The number of rotatable bonds is 1. The van der Waals surface area contributed by atoms with Crippen molar-refractivity contribution in [2.24, 2.45) is 5.73 Å². The molecule has 0 aliphatic carbocycles. The molecule has 0 unspecified atom stereocenters. The van der Waals surface area contributed by atoms with E-state index in [0.29, 0.717) is 0 Å². The second-order valence-electron chi connectivity index (χ2n) is 7.52. The minimum Gasteiger partial charge on any atom is -0.444 e. The van der Waals surface area contributed by atoms with Gasteiger partial charge in [0.05, 0.1) is 6.54 Å². The van der Waals surface area contributed by atoms with Crippen LogP contribution in [-0.2, 0) is 14.3 Å². The SMILES string of the molecule is CC(C)(C)OC(=O)N1CCN(C(=O)OC(C)(C)C)[C@H](C(N)=O)C1. The van der Waals surface area contributed by atoms with E-state index in [0.717, 1.165) is 0 Å². The molecule has 2 N–H and O–H groups in total. The molecule has 3 amide bonds. The molecule has 0 aromatic heterocycles. The van der Waals surface area contributed by atoms with Gasteiger partial charge >= 0.3 is 12.2 Å². The molecule has 0 bridgehead atoms. The minimum atomic E-state index is -0.939. The third-order valence-corrected chi connectivity index (χ3v) is 2.99. The van der Waals surface area contributed by atoms with Crippen LogP contribution in [0.3, 0.4) is 0 Å². The number of amides is 3. The maximum absolute atomic E-state index is 12.2. The zero-order chi connectivity index (χ0) is 18.0. The Hall–Kier alpha value is -1.99. The number of carbonyl (C=O) groups is 3. The molecule has 0 aromatic carbocycles. The zero-order valence-corrected chi connectivity index (χ0v) is 14.7. The molecule has 1 fully saturated rings. The van der Waals surface area contributed by atoms with Gasteiger partial charge in [-0.15, -0.1) is 0 Å². The van der Waals surface area contributed by atoms with Crippen molar-refractivity contribution in [3.63, 3.8) is 0 Å². The van der Waals surface area contributed by atoms with Gasteiger partial charge in [-0.05, 0) is 41.5 Å². The van der Waals surface area contributed by atoms with Crippen molar-refractivity contribution >= 4 is 18.1 Å². The van der Waals surface area contributed by atoms with Gasteiger partial charge in [0.2, 0.25) is 5.91 Å². The summed E-state index contributed by atoms with van der Waals surface area (Å²) in [6, 6.07) is -0.939. The van der Waals surface area contributed by atoms with Gasteiger partial charge in [-0.25, -0.2) is 9.59 Å². The number of carbonyl (C=O) groups excluding carboxylic acids is 3.